The first kappa shape index (κ1) is 20.1. The largest absolute Gasteiger partial charge is 0.443 e. The van der Waals surface area contributed by atoms with Gasteiger partial charge in [-0.05, 0) is 30.3 Å². The molecule has 1 heterocycles. The molecule has 0 saturated carbocycles. The number of para-hydroxylation sites is 1. The molecule has 3 aromatic rings. The van der Waals surface area contributed by atoms with Crippen molar-refractivity contribution >= 4 is 55.9 Å². The molecule has 0 unspecified atom stereocenters. The van der Waals surface area contributed by atoms with Crippen molar-refractivity contribution in [2.75, 3.05) is 10.5 Å². The molecule has 7 nitrogen and oxygen atoms in total. The van der Waals surface area contributed by atoms with Crippen LogP contribution in [0.25, 0.3) is 11.0 Å². The quantitative estimate of drug-likeness (QED) is 0.253. The van der Waals surface area contributed by atoms with Crippen LogP contribution in [0.15, 0.2) is 74.7 Å². The zero-order chi connectivity index (χ0) is 20.3. The van der Waals surface area contributed by atoms with Crippen LogP contribution >= 0.6 is 23.4 Å². The Morgan fingerprint density at radius 1 is 1.21 bits per heavy atom. The van der Waals surface area contributed by atoms with E-state index < -0.39 is 10.0 Å². The van der Waals surface area contributed by atoms with Crippen molar-refractivity contribution in [1.29, 1.82) is 5.41 Å². The van der Waals surface area contributed by atoms with Crippen LogP contribution < -0.4 is 16.2 Å². The highest BCUT2D eigenvalue weighted by Crippen LogP contribution is 2.33. The van der Waals surface area contributed by atoms with Gasteiger partial charge >= 0.3 is 0 Å². The lowest BCUT2D eigenvalue weighted by Gasteiger charge is -2.12. The lowest BCUT2D eigenvalue weighted by Crippen LogP contribution is -2.13. The summed E-state index contributed by atoms with van der Waals surface area (Å²) in [5, 5.41) is 8.10. The number of thioether (sulfide) groups is 1. The molecule has 28 heavy (non-hydrogen) atoms. The van der Waals surface area contributed by atoms with Crippen molar-refractivity contribution in [2.24, 2.45) is 11.5 Å². The lowest BCUT2D eigenvalue weighted by atomic mass is 10.3. The number of nitrogens with one attached hydrogen (secondary N) is 2. The Morgan fingerprint density at radius 2 is 1.96 bits per heavy atom. The lowest BCUT2D eigenvalue weighted by molar-refractivity contribution is 0.484. The minimum absolute atomic E-state index is 0.153. The van der Waals surface area contributed by atoms with E-state index in [1.165, 1.54) is 30.0 Å². The number of nitrogens with two attached hydrogens (primary N) is 2. The summed E-state index contributed by atoms with van der Waals surface area (Å²) in [6, 6.07) is 13.3. The van der Waals surface area contributed by atoms with E-state index in [0.717, 1.165) is 0 Å². The second-order valence-corrected chi connectivity index (χ2v) is 8.88. The third-order valence-electron chi connectivity index (χ3n) is 3.59. The number of hydrogen-bond acceptors (Lipinski definition) is 6. The Hall–Kier alpha value is -2.62. The van der Waals surface area contributed by atoms with E-state index >= 15 is 0 Å². The van der Waals surface area contributed by atoms with E-state index in [0.29, 0.717) is 38.0 Å². The van der Waals surface area contributed by atoms with E-state index in [4.69, 9.17) is 32.9 Å². The predicted octanol–water partition coefficient (Wildman–Crippen LogP) is 3.76. The van der Waals surface area contributed by atoms with Crippen molar-refractivity contribution in [1.82, 2.24) is 0 Å². The van der Waals surface area contributed by atoms with Crippen molar-refractivity contribution in [3.63, 3.8) is 0 Å². The average Bonchev–Trinajstić information content (AvgIpc) is 3.05. The van der Waals surface area contributed by atoms with Crippen LogP contribution in [0, 0.1) is 5.41 Å². The first-order valence-electron chi connectivity index (χ1n) is 7.98. The highest BCUT2D eigenvalue weighted by atomic mass is 35.5. The van der Waals surface area contributed by atoms with Gasteiger partial charge < -0.3 is 15.9 Å². The molecule has 1 aromatic heterocycles. The first-order valence-corrected chi connectivity index (χ1v) is 10.8. The zero-order valence-electron chi connectivity index (χ0n) is 14.5. The molecule has 2 aromatic carbocycles. The second kappa shape index (κ2) is 8.17. The fraction of sp³-hybridized carbons (Fsp3) is 0.0556. The molecule has 0 bridgehead atoms. The standard InChI is InChI=1S/C18H17ClN4O3S2/c19-12-5-6-16(27-10-13(20)9-17(21)22)14(8-12)23-28(24,25)18-7-11-3-1-2-4-15(11)26-18/h1-9,23H,10,20H2,(H3,21,22). The molecule has 10 heteroatoms. The highest BCUT2D eigenvalue weighted by Gasteiger charge is 2.21. The normalized spacial score (nSPS) is 12.2. The number of benzene rings is 2. The number of amidine groups is 1. The maximum absolute atomic E-state index is 12.8. The second-order valence-electron chi connectivity index (χ2n) is 5.81. The van der Waals surface area contributed by atoms with Gasteiger partial charge in [0.2, 0.25) is 5.09 Å². The molecule has 3 rings (SSSR count). The minimum atomic E-state index is -3.96. The Kier molecular flexibility index (Phi) is 5.87. The summed E-state index contributed by atoms with van der Waals surface area (Å²) in [5.74, 6) is 0.167. The monoisotopic (exact) mass is 436 g/mol. The van der Waals surface area contributed by atoms with Crippen LogP contribution in [0.2, 0.25) is 5.02 Å². The summed E-state index contributed by atoms with van der Waals surface area (Å²) >= 11 is 7.32. The van der Waals surface area contributed by atoms with Gasteiger partial charge in [-0.3, -0.25) is 10.1 Å². The molecule has 0 atom stereocenters. The van der Waals surface area contributed by atoms with Gasteiger partial charge in [0.15, 0.2) is 0 Å². The van der Waals surface area contributed by atoms with Crippen LogP contribution in [0.5, 0.6) is 0 Å². The molecule has 0 spiro atoms. The first-order chi connectivity index (χ1) is 13.2. The average molecular weight is 437 g/mol. The van der Waals surface area contributed by atoms with Gasteiger partial charge in [0, 0.05) is 32.8 Å². The number of rotatable bonds is 7. The molecule has 0 radical (unpaired) electrons. The van der Waals surface area contributed by atoms with Crippen LogP contribution in [-0.4, -0.2) is 20.0 Å². The fourth-order valence-electron chi connectivity index (χ4n) is 2.40. The van der Waals surface area contributed by atoms with E-state index in [-0.39, 0.29) is 10.9 Å². The van der Waals surface area contributed by atoms with Crippen LogP contribution in [0.1, 0.15) is 0 Å². The summed E-state index contributed by atoms with van der Waals surface area (Å²) < 4.78 is 33.5. The summed E-state index contributed by atoms with van der Waals surface area (Å²) in [4.78, 5) is 0.615. The molecule has 0 aliphatic rings. The van der Waals surface area contributed by atoms with Gasteiger partial charge in [-0.25, -0.2) is 0 Å². The van der Waals surface area contributed by atoms with Crippen molar-refractivity contribution in [3.05, 3.63) is 65.3 Å². The Labute approximate surface area is 171 Å². The van der Waals surface area contributed by atoms with Crippen LogP contribution in [0.3, 0.4) is 0 Å². The third kappa shape index (κ3) is 4.80. The summed E-state index contributed by atoms with van der Waals surface area (Å²) in [7, 11) is -3.96. The maximum Gasteiger partial charge on any atom is 0.295 e. The number of halogens is 1. The topological polar surface area (TPSA) is 135 Å². The number of fused-ring (bicyclic) bond motifs is 1. The molecule has 0 saturated heterocycles. The Morgan fingerprint density at radius 3 is 2.68 bits per heavy atom. The van der Waals surface area contributed by atoms with E-state index in [1.807, 2.05) is 0 Å². The smallest absolute Gasteiger partial charge is 0.295 e. The van der Waals surface area contributed by atoms with Crippen LogP contribution in [0.4, 0.5) is 5.69 Å². The molecule has 0 amide bonds. The molecule has 146 valence electrons. The van der Waals surface area contributed by atoms with Crippen molar-refractivity contribution in [3.8, 4) is 0 Å². The third-order valence-corrected chi connectivity index (χ3v) is 6.19. The van der Waals surface area contributed by atoms with E-state index in [2.05, 4.69) is 4.72 Å². The summed E-state index contributed by atoms with van der Waals surface area (Å²) in [6.45, 7) is 0. The Balaban J connectivity index is 1.88. The van der Waals surface area contributed by atoms with E-state index in [1.54, 1.807) is 36.4 Å². The number of furan rings is 1. The molecule has 0 fully saturated rings. The zero-order valence-corrected chi connectivity index (χ0v) is 16.9. The number of anilines is 1. The van der Waals surface area contributed by atoms with Gasteiger partial charge in [-0.2, -0.15) is 8.42 Å². The molecular formula is C18H17ClN4O3S2. The Bertz CT molecular complexity index is 1140. The SMILES string of the molecule is N=C(N)C=C(N)CSc1ccc(Cl)cc1NS(=O)(=O)c1cc2ccccc2o1. The van der Waals surface area contributed by atoms with Crippen molar-refractivity contribution < 1.29 is 12.8 Å². The summed E-state index contributed by atoms with van der Waals surface area (Å²) in [6.07, 6.45) is 1.33. The van der Waals surface area contributed by atoms with Crippen LogP contribution in [-0.2, 0) is 10.0 Å². The number of hydrogen-bond donors (Lipinski definition) is 4. The molecule has 0 aliphatic carbocycles. The molecular weight excluding hydrogens is 420 g/mol. The van der Waals surface area contributed by atoms with Gasteiger partial charge in [-0.1, -0.05) is 29.8 Å². The van der Waals surface area contributed by atoms with Gasteiger partial charge in [0.25, 0.3) is 10.0 Å². The highest BCUT2D eigenvalue weighted by molar-refractivity contribution is 7.99. The van der Waals surface area contributed by atoms with Crippen molar-refractivity contribution in [2.45, 2.75) is 9.99 Å². The maximum atomic E-state index is 12.8. The fourth-order valence-corrected chi connectivity index (χ4v) is 4.51. The number of sulfonamides is 1. The predicted molar refractivity (Wildman–Crippen MR) is 113 cm³/mol. The molecule has 0 aliphatic heterocycles. The minimum Gasteiger partial charge on any atom is -0.443 e. The molecule has 6 N–H and O–H groups in total. The van der Waals surface area contributed by atoms with Gasteiger partial charge in [-0.15, -0.1) is 11.8 Å². The van der Waals surface area contributed by atoms with E-state index in [9.17, 15) is 8.42 Å². The van der Waals surface area contributed by atoms with Gasteiger partial charge in [0.05, 0.1) is 5.69 Å². The van der Waals surface area contributed by atoms with Gasteiger partial charge in [0.1, 0.15) is 11.4 Å². The summed E-state index contributed by atoms with van der Waals surface area (Å²) in [5.41, 5.74) is 12.3.